The second kappa shape index (κ2) is 8.11. The third-order valence-corrected chi connectivity index (χ3v) is 4.36. The number of nitrogens with zero attached hydrogens (tertiary/aromatic N) is 1. The van der Waals surface area contributed by atoms with E-state index in [4.69, 9.17) is 0 Å². The minimum Gasteiger partial charge on any atom is -0.480 e. The Labute approximate surface area is 137 Å². The molecule has 1 fully saturated rings. The minimum absolute atomic E-state index is 0.125. The zero-order valence-electron chi connectivity index (χ0n) is 13.9. The second-order valence-corrected chi connectivity index (χ2v) is 6.63. The predicted octanol–water partition coefficient (Wildman–Crippen LogP) is 2.12. The van der Waals surface area contributed by atoms with E-state index in [1.165, 1.54) is 5.56 Å². The number of carboxylic acids is 1. The van der Waals surface area contributed by atoms with Gasteiger partial charge in [0, 0.05) is 13.1 Å². The molecule has 0 aromatic heterocycles. The van der Waals surface area contributed by atoms with Crippen LogP contribution in [0.25, 0.3) is 0 Å². The molecular formula is C18H26N2O3. The minimum atomic E-state index is -0.967. The molecule has 126 valence electrons. The van der Waals surface area contributed by atoms with E-state index in [1.54, 1.807) is 0 Å². The molecular weight excluding hydrogens is 292 g/mol. The maximum absolute atomic E-state index is 12.4. The first-order valence-corrected chi connectivity index (χ1v) is 8.27. The zero-order chi connectivity index (χ0) is 16.8. The van der Waals surface area contributed by atoms with Crippen molar-refractivity contribution >= 4 is 11.9 Å². The third kappa shape index (κ3) is 5.06. The Kier molecular flexibility index (Phi) is 6.16. The van der Waals surface area contributed by atoms with E-state index in [2.05, 4.69) is 22.3 Å². The highest BCUT2D eigenvalue weighted by Gasteiger charge is 2.30. The van der Waals surface area contributed by atoms with Gasteiger partial charge in [0.1, 0.15) is 6.04 Å². The number of amides is 1. The van der Waals surface area contributed by atoms with Gasteiger partial charge in [0.05, 0.1) is 5.92 Å². The van der Waals surface area contributed by atoms with Crippen LogP contribution in [0.2, 0.25) is 0 Å². The molecule has 0 saturated carbocycles. The van der Waals surface area contributed by atoms with Crippen molar-refractivity contribution in [3.05, 3.63) is 35.9 Å². The molecule has 5 heteroatoms. The maximum atomic E-state index is 12.4. The van der Waals surface area contributed by atoms with Gasteiger partial charge in [0.15, 0.2) is 0 Å². The molecule has 0 bridgehead atoms. The van der Waals surface area contributed by atoms with Gasteiger partial charge in [-0.2, -0.15) is 0 Å². The average molecular weight is 318 g/mol. The van der Waals surface area contributed by atoms with Crippen LogP contribution in [0.4, 0.5) is 0 Å². The molecule has 1 aliphatic rings. The van der Waals surface area contributed by atoms with Crippen LogP contribution in [0.15, 0.2) is 30.3 Å². The number of nitrogens with one attached hydrogen (secondary N) is 1. The SMILES string of the molecule is CC(C)[C@@H](NC(=O)[C@@H]1CCCN(Cc2ccccc2)C1)C(=O)O. The summed E-state index contributed by atoms with van der Waals surface area (Å²) in [5.74, 6) is -1.36. The summed E-state index contributed by atoms with van der Waals surface area (Å²) in [4.78, 5) is 25.9. The van der Waals surface area contributed by atoms with Crippen molar-refractivity contribution in [1.29, 1.82) is 0 Å². The van der Waals surface area contributed by atoms with E-state index < -0.39 is 12.0 Å². The number of benzene rings is 1. The summed E-state index contributed by atoms with van der Waals surface area (Å²) < 4.78 is 0. The van der Waals surface area contributed by atoms with E-state index in [0.717, 1.165) is 25.9 Å². The Morgan fingerprint density at radius 1 is 1.30 bits per heavy atom. The van der Waals surface area contributed by atoms with Crippen LogP contribution in [0, 0.1) is 11.8 Å². The van der Waals surface area contributed by atoms with Gasteiger partial charge in [-0.25, -0.2) is 4.79 Å². The van der Waals surface area contributed by atoms with Crippen LogP contribution in [0.3, 0.4) is 0 Å². The van der Waals surface area contributed by atoms with Gasteiger partial charge >= 0.3 is 5.97 Å². The molecule has 0 radical (unpaired) electrons. The molecule has 0 unspecified atom stereocenters. The highest BCUT2D eigenvalue weighted by atomic mass is 16.4. The van der Waals surface area contributed by atoms with Crippen LogP contribution in [0.1, 0.15) is 32.3 Å². The summed E-state index contributed by atoms with van der Waals surface area (Å²) in [5.41, 5.74) is 1.24. The predicted molar refractivity (Wildman–Crippen MR) is 88.8 cm³/mol. The standard InChI is InChI=1S/C18H26N2O3/c1-13(2)16(18(22)23)19-17(21)15-9-6-10-20(12-15)11-14-7-4-3-5-8-14/h3-5,7-8,13,15-16H,6,9-12H2,1-2H3,(H,19,21)(H,22,23)/t15-,16-/m1/s1. The lowest BCUT2D eigenvalue weighted by atomic mass is 9.95. The van der Waals surface area contributed by atoms with Crippen molar-refractivity contribution in [2.24, 2.45) is 11.8 Å². The summed E-state index contributed by atoms with van der Waals surface area (Å²) in [6, 6.07) is 9.39. The lowest BCUT2D eigenvalue weighted by Crippen LogP contribution is -2.49. The molecule has 2 rings (SSSR count). The van der Waals surface area contributed by atoms with Gasteiger partial charge in [-0.15, -0.1) is 0 Å². The number of carbonyl (C=O) groups excluding carboxylic acids is 1. The summed E-state index contributed by atoms with van der Waals surface area (Å²) in [6.45, 7) is 6.11. The lowest BCUT2D eigenvalue weighted by molar-refractivity contribution is -0.144. The van der Waals surface area contributed by atoms with Crippen molar-refractivity contribution < 1.29 is 14.7 Å². The summed E-state index contributed by atoms with van der Waals surface area (Å²) in [5, 5.41) is 11.9. The third-order valence-electron chi connectivity index (χ3n) is 4.36. The zero-order valence-corrected chi connectivity index (χ0v) is 13.9. The van der Waals surface area contributed by atoms with Crippen molar-refractivity contribution in [2.45, 2.75) is 39.3 Å². The molecule has 1 aliphatic heterocycles. The van der Waals surface area contributed by atoms with E-state index in [0.29, 0.717) is 6.54 Å². The fraction of sp³-hybridized carbons (Fsp3) is 0.556. The van der Waals surface area contributed by atoms with Crippen LogP contribution in [0.5, 0.6) is 0 Å². The fourth-order valence-electron chi connectivity index (χ4n) is 3.04. The maximum Gasteiger partial charge on any atom is 0.326 e. The first-order chi connectivity index (χ1) is 11.0. The van der Waals surface area contributed by atoms with Crippen molar-refractivity contribution in [2.75, 3.05) is 13.1 Å². The van der Waals surface area contributed by atoms with E-state index >= 15 is 0 Å². The number of hydrogen-bond donors (Lipinski definition) is 2. The Balaban J connectivity index is 1.92. The lowest BCUT2D eigenvalue weighted by Gasteiger charge is -2.33. The molecule has 1 heterocycles. The normalized spacial score (nSPS) is 20.2. The van der Waals surface area contributed by atoms with Crippen molar-refractivity contribution in [3.63, 3.8) is 0 Å². The molecule has 0 spiro atoms. The Hall–Kier alpha value is -1.88. The molecule has 1 saturated heterocycles. The van der Waals surface area contributed by atoms with Crippen molar-refractivity contribution in [1.82, 2.24) is 10.2 Å². The molecule has 2 atom stereocenters. The van der Waals surface area contributed by atoms with Crippen LogP contribution < -0.4 is 5.32 Å². The van der Waals surface area contributed by atoms with Gasteiger partial charge in [-0.1, -0.05) is 44.2 Å². The first kappa shape index (κ1) is 17.5. The molecule has 5 nitrogen and oxygen atoms in total. The van der Waals surface area contributed by atoms with Gasteiger partial charge in [0.2, 0.25) is 5.91 Å². The quantitative estimate of drug-likeness (QED) is 0.843. The number of carboxylic acid groups (broad SMARTS) is 1. The Bertz CT molecular complexity index is 530. The van der Waals surface area contributed by atoms with Crippen molar-refractivity contribution in [3.8, 4) is 0 Å². The molecule has 1 amide bonds. The first-order valence-electron chi connectivity index (χ1n) is 8.27. The van der Waals surface area contributed by atoms with Crippen LogP contribution >= 0.6 is 0 Å². The number of carbonyl (C=O) groups is 2. The van der Waals surface area contributed by atoms with Gasteiger partial charge in [0.25, 0.3) is 0 Å². The van der Waals surface area contributed by atoms with Gasteiger partial charge in [-0.3, -0.25) is 9.69 Å². The van der Waals surface area contributed by atoms with E-state index in [-0.39, 0.29) is 17.7 Å². The highest BCUT2D eigenvalue weighted by Crippen LogP contribution is 2.19. The number of piperidine rings is 1. The molecule has 1 aromatic rings. The second-order valence-electron chi connectivity index (χ2n) is 6.63. The van der Waals surface area contributed by atoms with E-state index in [1.807, 2.05) is 32.0 Å². The largest absolute Gasteiger partial charge is 0.480 e. The highest BCUT2D eigenvalue weighted by molar-refractivity contribution is 5.85. The summed E-state index contributed by atoms with van der Waals surface area (Å²) >= 11 is 0. The Morgan fingerprint density at radius 2 is 2.00 bits per heavy atom. The van der Waals surface area contributed by atoms with Crippen LogP contribution in [-0.2, 0) is 16.1 Å². The molecule has 23 heavy (non-hydrogen) atoms. The number of rotatable bonds is 6. The number of likely N-dealkylation sites (tertiary alicyclic amines) is 1. The van der Waals surface area contributed by atoms with Gasteiger partial charge in [-0.05, 0) is 30.9 Å². The average Bonchev–Trinajstić information content (AvgIpc) is 2.53. The smallest absolute Gasteiger partial charge is 0.326 e. The molecule has 2 N–H and O–H groups in total. The van der Waals surface area contributed by atoms with Crippen LogP contribution in [-0.4, -0.2) is 41.0 Å². The monoisotopic (exact) mass is 318 g/mol. The molecule has 0 aliphatic carbocycles. The Morgan fingerprint density at radius 3 is 2.61 bits per heavy atom. The number of hydrogen-bond acceptors (Lipinski definition) is 3. The summed E-state index contributed by atoms with van der Waals surface area (Å²) in [7, 11) is 0. The molecule has 1 aromatic carbocycles. The summed E-state index contributed by atoms with van der Waals surface area (Å²) in [6.07, 6.45) is 1.78. The van der Waals surface area contributed by atoms with E-state index in [9.17, 15) is 14.7 Å². The topological polar surface area (TPSA) is 69.6 Å². The fourth-order valence-corrected chi connectivity index (χ4v) is 3.04. The van der Waals surface area contributed by atoms with Gasteiger partial charge < -0.3 is 10.4 Å². The number of aliphatic carboxylic acids is 1.